The number of fused-ring (bicyclic) bond motifs is 14. The van der Waals surface area contributed by atoms with E-state index in [-0.39, 0.29) is 11.4 Å². The molecule has 12 heteroatoms. The highest BCUT2D eigenvalue weighted by molar-refractivity contribution is 6.15. The van der Waals surface area contributed by atoms with Crippen LogP contribution in [0, 0.1) is 34.3 Å². The minimum absolute atomic E-state index is 0.135. The normalized spacial score (nSPS) is 11.6. The SMILES string of the molecule is N#Cc1nc(-n2c3ccccc3c3cc(-c4ccc5c6ccccc6n(-c6ccc(-c7ccccc7)cc6)c5c4)ccc32)nc2cc(F)ccc12.N#Cc1nc(-n2c3ccccc3c3cc(-c4ccc5c6ccccc6n(-c6ccc(-c7ccccc7)cc6)c5c4)ccc32)nc2ccc(F)cc12. The molecule has 0 atom stereocenters. The van der Waals surface area contributed by atoms with Gasteiger partial charge in [0.25, 0.3) is 0 Å². The van der Waals surface area contributed by atoms with Crippen molar-refractivity contribution in [1.82, 2.24) is 38.2 Å². The molecule has 0 saturated carbocycles. The molecule has 0 radical (unpaired) electrons. The molecule has 0 fully saturated rings. The van der Waals surface area contributed by atoms with E-state index in [2.05, 4.69) is 262 Å². The van der Waals surface area contributed by atoms with Gasteiger partial charge in [0.15, 0.2) is 11.4 Å². The average Bonchev–Trinajstić information content (AvgIpc) is 1.59. The highest BCUT2D eigenvalue weighted by Gasteiger charge is 2.22. The lowest BCUT2D eigenvalue weighted by Gasteiger charge is -2.11. The first kappa shape index (κ1) is 59.1. The van der Waals surface area contributed by atoms with E-state index in [0.717, 1.165) is 99.3 Å². The number of nitrogens with zero attached hydrogens (tertiary/aromatic N) is 10. The van der Waals surface area contributed by atoms with E-state index in [9.17, 15) is 19.3 Å². The number of nitriles is 2. The predicted octanol–water partition coefficient (Wildman–Crippen LogP) is 22.3. The summed E-state index contributed by atoms with van der Waals surface area (Å²) in [5, 5.41) is 29.7. The lowest BCUT2D eigenvalue weighted by atomic mass is 10.0. The first-order chi connectivity index (χ1) is 50.3. The van der Waals surface area contributed by atoms with Crippen LogP contribution in [0.2, 0.25) is 0 Å². The molecule has 20 rings (SSSR count). The van der Waals surface area contributed by atoms with Gasteiger partial charge in [-0.25, -0.2) is 28.7 Å². The molecule has 6 heterocycles. The van der Waals surface area contributed by atoms with E-state index in [0.29, 0.717) is 33.7 Å². The van der Waals surface area contributed by atoms with Gasteiger partial charge in [-0.1, -0.05) is 194 Å². The van der Waals surface area contributed by atoms with E-state index in [1.807, 2.05) is 57.7 Å². The number of benzene rings is 14. The third kappa shape index (κ3) is 9.73. The number of hydrogen-bond acceptors (Lipinski definition) is 6. The van der Waals surface area contributed by atoms with E-state index < -0.39 is 11.6 Å². The van der Waals surface area contributed by atoms with Crippen LogP contribution in [-0.4, -0.2) is 38.2 Å². The van der Waals surface area contributed by atoms with Crippen molar-refractivity contribution >= 4 is 109 Å². The van der Waals surface area contributed by atoms with Crippen molar-refractivity contribution in [3.05, 3.63) is 338 Å². The second kappa shape index (κ2) is 23.8. The van der Waals surface area contributed by atoms with Gasteiger partial charge in [0.1, 0.15) is 23.8 Å². The maximum Gasteiger partial charge on any atom is 0.236 e. The number of halogens is 2. The molecule has 6 aromatic heterocycles. The third-order valence-electron chi connectivity index (χ3n) is 19.7. The number of rotatable bonds is 8. The van der Waals surface area contributed by atoms with Gasteiger partial charge in [-0.3, -0.25) is 9.13 Å². The Balaban J connectivity index is 0.000000141. The molecule has 0 amide bonds. The largest absolute Gasteiger partial charge is 0.309 e. The fourth-order valence-corrected chi connectivity index (χ4v) is 15.0. The maximum absolute atomic E-state index is 14.3. The van der Waals surface area contributed by atoms with Crippen LogP contribution in [0.15, 0.2) is 315 Å². The Labute approximate surface area is 581 Å². The van der Waals surface area contributed by atoms with Crippen LogP contribution in [0.4, 0.5) is 8.78 Å². The predicted molar refractivity (Wildman–Crippen MR) is 408 cm³/mol. The summed E-state index contributed by atoms with van der Waals surface area (Å²) in [6, 6.07) is 111. The Hall–Kier alpha value is -14.2. The summed E-state index contributed by atoms with van der Waals surface area (Å²) < 4.78 is 37.0. The van der Waals surface area contributed by atoms with Crippen LogP contribution in [-0.2, 0) is 0 Å². The zero-order valence-corrected chi connectivity index (χ0v) is 54.3. The molecule has 0 aliphatic carbocycles. The summed E-state index contributed by atoms with van der Waals surface area (Å²) in [6.07, 6.45) is 0. The standard InChI is InChI=1S/2C45H26FN5/c46-32-18-22-39-38(26-32)40(27-47)49-45(48-39)51-42-13-7-5-11-35(42)37-24-30(17-23-43(37)51)31-16-21-36-34-10-4-6-12-41(34)50(44(36)25-31)33-19-14-29(15-20-33)28-8-2-1-3-9-28;46-32-18-22-37-39(26-32)48-45(49-40(37)27-47)51-42-13-7-5-11-35(42)38-24-30(17-23-43(38)51)31-16-21-36-34-10-4-6-12-41(34)50(44(36)25-31)33-19-14-29(15-20-33)28-8-2-1-3-9-28/h2*1-26H. The third-order valence-corrected chi connectivity index (χ3v) is 19.7. The summed E-state index contributed by atoms with van der Waals surface area (Å²) in [4.78, 5) is 18.8. The van der Waals surface area contributed by atoms with Crippen molar-refractivity contribution in [1.29, 1.82) is 10.5 Å². The van der Waals surface area contributed by atoms with Crippen molar-refractivity contribution in [3.63, 3.8) is 0 Å². The van der Waals surface area contributed by atoms with Crippen molar-refractivity contribution in [2.24, 2.45) is 0 Å². The van der Waals surface area contributed by atoms with Gasteiger partial charge in [0.2, 0.25) is 11.9 Å². The highest BCUT2D eigenvalue weighted by Crippen LogP contribution is 2.42. The van der Waals surface area contributed by atoms with E-state index in [4.69, 9.17) is 9.97 Å². The van der Waals surface area contributed by atoms with E-state index >= 15 is 0 Å². The fourth-order valence-electron chi connectivity index (χ4n) is 15.0. The zero-order valence-electron chi connectivity index (χ0n) is 54.3. The number of para-hydroxylation sites is 4. The van der Waals surface area contributed by atoms with Gasteiger partial charge in [-0.15, -0.1) is 0 Å². The number of hydrogen-bond donors (Lipinski definition) is 0. The van der Waals surface area contributed by atoms with Crippen LogP contribution in [0.3, 0.4) is 0 Å². The second-order valence-electron chi connectivity index (χ2n) is 25.5. The molecule has 0 aliphatic rings. The molecule has 0 bridgehead atoms. The molecular weight excluding hydrogens is 1260 g/mol. The Kier molecular flexibility index (Phi) is 13.8. The molecule has 0 saturated heterocycles. The lowest BCUT2D eigenvalue weighted by molar-refractivity contribution is 0.629. The van der Waals surface area contributed by atoms with Crippen LogP contribution < -0.4 is 0 Å². The molecule has 0 aliphatic heterocycles. The molecule has 0 spiro atoms. The van der Waals surface area contributed by atoms with Crippen LogP contribution >= 0.6 is 0 Å². The first-order valence-electron chi connectivity index (χ1n) is 33.5. The monoisotopic (exact) mass is 1310 g/mol. The minimum atomic E-state index is -0.431. The minimum Gasteiger partial charge on any atom is -0.309 e. The molecule has 10 nitrogen and oxygen atoms in total. The Morgan fingerprint density at radius 3 is 1.03 bits per heavy atom. The Morgan fingerprint density at radius 2 is 0.559 bits per heavy atom. The van der Waals surface area contributed by atoms with Crippen LogP contribution in [0.5, 0.6) is 0 Å². The molecule has 102 heavy (non-hydrogen) atoms. The van der Waals surface area contributed by atoms with E-state index in [1.165, 1.54) is 68.1 Å². The van der Waals surface area contributed by atoms with Gasteiger partial charge < -0.3 is 9.13 Å². The molecule has 0 unspecified atom stereocenters. The first-order valence-corrected chi connectivity index (χ1v) is 33.5. The summed E-state index contributed by atoms with van der Waals surface area (Å²) in [5.74, 6) is -0.149. The lowest BCUT2D eigenvalue weighted by Crippen LogP contribution is -2.03. The zero-order chi connectivity index (χ0) is 68.1. The van der Waals surface area contributed by atoms with Crippen molar-refractivity contribution in [2.45, 2.75) is 0 Å². The summed E-state index contributed by atoms with van der Waals surface area (Å²) >= 11 is 0. The summed E-state index contributed by atoms with van der Waals surface area (Å²) in [7, 11) is 0. The smallest absolute Gasteiger partial charge is 0.236 e. The van der Waals surface area contributed by atoms with Crippen LogP contribution in [0.25, 0.3) is 177 Å². The second-order valence-corrected chi connectivity index (χ2v) is 25.5. The van der Waals surface area contributed by atoms with Crippen molar-refractivity contribution in [3.8, 4) is 79.9 Å². The molecule has 0 N–H and O–H groups in total. The molecular formula is C90H52F2N10. The highest BCUT2D eigenvalue weighted by atomic mass is 19.1. The van der Waals surface area contributed by atoms with Gasteiger partial charge in [-0.05, 0) is 160 Å². The Bertz CT molecular complexity index is 6920. The van der Waals surface area contributed by atoms with Crippen molar-refractivity contribution in [2.75, 3.05) is 0 Å². The van der Waals surface area contributed by atoms with Crippen molar-refractivity contribution < 1.29 is 8.78 Å². The van der Waals surface area contributed by atoms with E-state index in [1.54, 1.807) is 12.1 Å². The molecule has 20 aromatic rings. The maximum atomic E-state index is 14.3. The van der Waals surface area contributed by atoms with Gasteiger partial charge >= 0.3 is 0 Å². The molecule has 476 valence electrons. The topological polar surface area (TPSA) is 119 Å². The number of aromatic nitrogens is 8. The quantitative estimate of drug-likeness (QED) is 0.149. The van der Waals surface area contributed by atoms with Crippen LogP contribution in [0.1, 0.15) is 11.4 Å². The summed E-state index contributed by atoms with van der Waals surface area (Å²) in [6.45, 7) is 0. The molecule has 14 aromatic carbocycles. The van der Waals surface area contributed by atoms with Gasteiger partial charge in [-0.2, -0.15) is 10.5 Å². The summed E-state index contributed by atoms with van der Waals surface area (Å²) in [5.41, 5.74) is 20.7. The average molecular weight is 1310 g/mol. The fraction of sp³-hybridized carbons (Fsp3) is 0. The Morgan fingerprint density at radius 1 is 0.225 bits per heavy atom. The van der Waals surface area contributed by atoms with Gasteiger partial charge in [0, 0.05) is 71.3 Å². The van der Waals surface area contributed by atoms with Gasteiger partial charge in [0.05, 0.1) is 55.2 Å².